The number of carbonyl (C=O) groups excluding carboxylic acids is 2. The minimum absolute atomic E-state index is 0.0273. The van der Waals surface area contributed by atoms with Crippen LogP contribution in [-0.4, -0.2) is 62.8 Å². The average Bonchev–Trinajstić information content (AvgIpc) is 3.27. The highest BCUT2D eigenvalue weighted by atomic mass is 16.5. The molecular formula is C23H25N3O5. The Morgan fingerprint density at radius 1 is 1.19 bits per heavy atom. The van der Waals surface area contributed by atoms with E-state index >= 15 is 0 Å². The number of amides is 1. The van der Waals surface area contributed by atoms with Crippen molar-refractivity contribution in [1.29, 1.82) is 5.26 Å². The van der Waals surface area contributed by atoms with Crippen LogP contribution in [0.15, 0.2) is 46.4 Å². The molecule has 2 heterocycles. The van der Waals surface area contributed by atoms with E-state index < -0.39 is 5.91 Å². The Hall–Kier alpha value is -3.41. The fraction of sp³-hybridized carbons (Fsp3) is 0.348. The second-order valence-corrected chi connectivity index (χ2v) is 6.88. The Labute approximate surface area is 181 Å². The quantitative estimate of drug-likeness (QED) is 0.395. The molecular weight excluding hydrogens is 398 g/mol. The van der Waals surface area contributed by atoms with Crippen LogP contribution in [0.3, 0.4) is 0 Å². The summed E-state index contributed by atoms with van der Waals surface area (Å²) < 4.78 is 16.0. The van der Waals surface area contributed by atoms with Crippen molar-refractivity contribution >= 4 is 18.0 Å². The Bertz CT molecular complexity index is 966. The summed E-state index contributed by atoms with van der Waals surface area (Å²) in [6, 6.07) is 12.2. The lowest BCUT2D eigenvalue weighted by Gasteiger charge is -2.26. The van der Waals surface area contributed by atoms with Gasteiger partial charge in [0.1, 0.15) is 23.2 Å². The van der Waals surface area contributed by atoms with E-state index in [1.807, 2.05) is 6.07 Å². The summed E-state index contributed by atoms with van der Waals surface area (Å²) in [4.78, 5) is 26.3. The van der Waals surface area contributed by atoms with Crippen LogP contribution in [0.2, 0.25) is 0 Å². The molecule has 0 aliphatic carbocycles. The summed E-state index contributed by atoms with van der Waals surface area (Å²) in [5, 5.41) is 12.1. The van der Waals surface area contributed by atoms with Gasteiger partial charge in [0.2, 0.25) is 0 Å². The summed E-state index contributed by atoms with van der Waals surface area (Å²) in [6.07, 6.45) is 1.42. The van der Waals surface area contributed by atoms with Gasteiger partial charge in [-0.05, 0) is 31.2 Å². The molecule has 0 radical (unpaired) electrons. The highest BCUT2D eigenvalue weighted by molar-refractivity contribution is 6.01. The van der Waals surface area contributed by atoms with E-state index in [9.17, 15) is 14.9 Å². The minimum Gasteiger partial charge on any atom is -0.462 e. The third-order valence-corrected chi connectivity index (χ3v) is 4.78. The molecule has 1 fully saturated rings. The molecule has 1 aliphatic rings. The lowest BCUT2D eigenvalue weighted by atomic mass is 10.1. The lowest BCUT2D eigenvalue weighted by molar-refractivity contribution is -0.117. The molecule has 0 atom stereocenters. The van der Waals surface area contributed by atoms with E-state index in [0.717, 1.165) is 18.7 Å². The summed E-state index contributed by atoms with van der Waals surface area (Å²) in [7, 11) is 0. The normalized spacial score (nSPS) is 14.6. The zero-order chi connectivity index (χ0) is 22.1. The van der Waals surface area contributed by atoms with Crippen LogP contribution >= 0.6 is 0 Å². The van der Waals surface area contributed by atoms with Crippen LogP contribution in [0.25, 0.3) is 17.4 Å². The zero-order valence-corrected chi connectivity index (χ0v) is 17.4. The van der Waals surface area contributed by atoms with E-state index in [2.05, 4.69) is 10.2 Å². The minimum atomic E-state index is -0.438. The first kappa shape index (κ1) is 22.3. The first-order valence-corrected chi connectivity index (χ1v) is 10.2. The van der Waals surface area contributed by atoms with Crippen molar-refractivity contribution in [2.75, 3.05) is 46.0 Å². The van der Waals surface area contributed by atoms with Gasteiger partial charge in [-0.3, -0.25) is 9.69 Å². The molecule has 31 heavy (non-hydrogen) atoms. The van der Waals surface area contributed by atoms with Gasteiger partial charge in [0.05, 0.1) is 25.4 Å². The molecule has 0 bridgehead atoms. The number of nitriles is 1. The van der Waals surface area contributed by atoms with Crippen molar-refractivity contribution in [2.24, 2.45) is 0 Å². The van der Waals surface area contributed by atoms with Crippen molar-refractivity contribution in [3.8, 4) is 17.4 Å². The van der Waals surface area contributed by atoms with Crippen molar-refractivity contribution in [1.82, 2.24) is 10.2 Å². The van der Waals surface area contributed by atoms with Gasteiger partial charge in [0, 0.05) is 37.8 Å². The highest BCUT2D eigenvalue weighted by Gasteiger charge is 2.14. The number of furan rings is 1. The number of morpholine rings is 1. The Morgan fingerprint density at radius 2 is 1.94 bits per heavy atom. The highest BCUT2D eigenvalue weighted by Crippen LogP contribution is 2.24. The Balaban J connectivity index is 1.60. The van der Waals surface area contributed by atoms with Crippen LogP contribution in [0.4, 0.5) is 0 Å². The van der Waals surface area contributed by atoms with Crippen LogP contribution in [0, 0.1) is 11.3 Å². The molecule has 0 unspecified atom stereocenters. The summed E-state index contributed by atoms with van der Waals surface area (Å²) in [6.45, 7) is 6.31. The molecule has 162 valence electrons. The molecule has 2 aromatic rings. The molecule has 1 aromatic carbocycles. The number of hydrogen-bond acceptors (Lipinski definition) is 7. The number of ether oxygens (including phenoxy) is 2. The molecule has 1 amide bonds. The number of nitrogens with zero attached hydrogens (tertiary/aromatic N) is 2. The van der Waals surface area contributed by atoms with Gasteiger partial charge in [-0.1, -0.05) is 12.1 Å². The largest absolute Gasteiger partial charge is 0.462 e. The van der Waals surface area contributed by atoms with Crippen molar-refractivity contribution < 1.29 is 23.5 Å². The van der Waals surface area contributed by atoms with Gasteiger partial charge in [-0.15, -0.1) is 0 Å². The monoisotopic (exact) mass is 423 g/mol. The maximum absolute atomic E-state index is 12.3. The molecule has 1 aromatic heterocycles. The van der Waals surface area contributed by atoms with E-state index in [1.54, 1.807) is 43.3 Å². The SMILES string of the molecule is CCOC(=O)c1ccc(-c2ccc(C=C(C#N)C(=O)NCCN3CCOCC3)o2)cc1. The van der Waals surface area contributed by atoms with Crippen LogP contribution in [0.5, 0.6) is 0 Å². The molecule has 1 N–H and O–H groups in total. The Morgan fingerprint density at radius 3 is 2.61 bits per heavy atom. The van der Waals surface area contributed by atoms with Gasteiger partial charge in [0.15, 0.2) is 0 Å². The van der Waals surface area contributed by atoms with Crippen LogP contribution in [-0.2, 0) is 14.3 Å². The van der Waals surface area contributed by atoms with Gasteiger partial charge in [0.25, 0.3) is 5.91 Å². The molecule has 0 saturated carbocycles. The average molecular weight is 423 g/mol. The maximum Gasteiger partial charge on any atom is 0.338 e. The predicted octanol–water partition coefficient (Wildman–Crippen LogP) is 2.48. The molecule has 8 nitrogen and oxygen atoms in total. The molecule has 1 aliphatic heterocycles. The van der Waals surface area contributed by atoms with Gasteiger partial charge < -0.3 is 19.2 Å². The van der Waals surface area contributed by atoms with Crippen molar-refractivity contribution in [3.05, 3.63) is 53.3 Å². The fourth-order valence-electron chi connectivity index (χ4n) is 3.11. The third kappa shape index (κ3) is 6.28. The second-order valence-electron chi connectivity index (χ2n) is 6.88. The maximum atomic E-state index is 12.3. The molecule has 1 saturated heterocycles. The number of hydrogen-bond donors (Lipinski definition) is 1. The first-order chi connectivity index (χ1) is 15.1. The first-order valence-electron chi connectivity index (χ1n) is 10.2. The number of benzene rings is 1. The van der Waals surface area contributed by atoms with Gasteiger partial charge >= 0.3 is 5.97 Å². The predicted molar refractivity (Wildman–Crippen MR) is 114 cm³/mol. The topological polar surface area (TPSA) is 105 Å². The fourth-order valence-corrected chi connectivity index (χ4v) is 3.11. The van der Waals surface area contributed by atoms with Gasteiger partial charge in [-0.25, -0.2) is 4.79 Å². The number of nitrogens with one attached hydrogen (secondary N) is 1. The third-order valence-electron chi connectivity index (χ3n) is 4.78. The number of carbonyl (C=O) groups is 2. The summed E-state index contributed by atoms with van der Waals surface area (Å²) in [5.41, 5.74) is 1.19. The van der Waals surface area contributed by atoms with Crippen LogP contribution in [0.1, 0.15) is 23.0 Å². The van der Waals surface area contributed by atoms with Crippen molar-refractivity contribution in [3.63, 3.8) is 0 Å². The standard InChI is InChI=1S/C23H25N3O5/c1-2-30-23(28)18-5-3-17(4-6-18)21-8-7-20(31-21)15-19(16-24)22(27)25-9-10-26-11-13-29-14-12-26/h3-8,15H,2,9-14H2,1H3,(H,25,27). The van der Waals surface area contributed by atoms with Crippen molar-refractivity contribution in [2.45, 2.75) is 6.92 Å². The van der Waals surface area contributed by atoms with Crippen LogP contribution < -0.4 is 5.32 Å². The van der Waals surface area contributed by atoms with E-state index in [1.165, 1.54) is 6.08 Å². The van der Waals surface area contributed by atoms with Gasteiger partial charge in [-0.2, -0.15) is 5.26 Å². The lowest BCUT2D eigenvalue weighted by Crippen LogP contribution is -2.41. The summed E-state index contributed by atoms with van der Waals surface area (Å²) >= 11 is 0. The van der Waals surface area contributed by atoms with E-state index in [4.69, 9.17) is 13.9 Å². The molecule has 8 heteroatoms. The Kier molecular flexibility index (Phi) is 7.98. The second kappa shape index (κ2) is 11.1. The number of esters is 1. The molecule has 0 spiro atoms. The van der Waals surface area contributed by atoms with E-state index in [0.29, 0.717) is 50.0 Å². The zero-order valence-electron chi connectivity index (χ0n) is 17.4. The number of rotatable bonds is 8. The van der Waals surface area contributed by atoms with E-state index in [-0.39, 0.29) is 11.5 Å². The summed E-state index contributed by atoms with van der Waals surface area (Å²) in [5.74, 6) is 0.138. The molecule has 3 rings (SSSR count). The smallest absolute Gasteiger partial charge is 0.338 e.